The lowest BCUT2D eigenvalue weighted by atomic mass is 10.1. The van der Waals surface area contributed by atoms with Gasteiger partial charge in [-0.15, -0.1) is 0 Å². The molecule has 1 rings (SSSR count). The first-order chi connectivity index (χ1) is 9.20. The molecule has 0 radical (unpaired) electrons. The maximum absolute atomic E-state index is 9.88. The van der Waals surface area contributed by atoms with Crippen molar-refractivity contribution in [3.05, 3.63) is 12.2 Å². The van der Waals surface area contributed by atoms with E-state index in [0.717, 1.165) is 12.8 Å². The van der Waals surface area contributed by atoms with Crippen LogP contribution in [0.5, 0.6) is 0 Å². The molecule has 1 saturated heterocycles. The Bertz CT molecular complexity index is 256. The highest BCUT2D eigenvalue weighted by Crippen LogP contribution is 2.20. The van der Waals surface area contributed by atoms with Gasteiger partial charge in [0.25, 0.3) is 0 Å². The standard InChI is InChI=1S/C14H26O5/c1-2-3-4-5-6-7-8-18-12-10-19-14(13(12)17)11(16)9-15/h5-6,11-17H,2-4,7-10H2,1H3/b6-5+/t11-,12+,13+,14+/m0/s1. The van der Waals surface area contributed by atoms with Crippen LogP contribution < -0.4 is 0 Å². The number of ether oxygens (including phenoxy) is 2. The second kappa shape index (κ2) is 9.44. The Morgan fingerprint density at radius 3 is 2.79 bits per heavy atom. The SMILES string of the molecule is CCCC/C=C/CCO[C@@H]1CO[C@H]([C@@H](O)CO)[C@@H]1O. The van der Waals surface area contributed by atoms with Crippen molar-refractivity contribution in [3.8, 4) is 0 Å². The zero-order valence-electron chi connectivity index (χ0n) is 11.6. The van der Waals surface area contributed by atoms with Crippen LogP contribution in [0.2, 0.25) is 0 Å². The molecule has 0 bridgehead atoms. The van der Waals surface area contributed by atoms with Gasteiger partial charge >= 0.3 is 0 Å². The molecule has 0 unspecified atom stereocenters. The van der Waals surface area contributed by atoms with Gasteiger partial charge in [-0.05, 0) is 12.8 Å². The second-order valence-electron chi connectivity index (χ2n) is 4.85. The van der Waals surface area contributed by atoms with E-state index in [9.17, 15) is 10.2 Å². The average molecular weight is 274 g/mol. The Hall–Kier alpha value is -0.460. The van der Waals surface area contributed by atoms with Crippen LogP contribution in [0.4, 0.5) is 0 Å². The summed E-state index contributed by atoms with van der Waals surface area (Å²) >= 11 is 0. The molecule has 1 heterocycles. The molecular formula is C14H26O5. The first kappa shape index (κ1) is 16.6. The van der Waals surface area contributed by atoms with Crippen LogP contribution >= 0.6 is 0 Å². The summed E-state index contributed by atoms with van der Waals surface area (Å²) in [6, 6.07) is 0. The molecule has 1 fully saturated rings. The lowest BCUT2D eigenvalue weighted by molar-refractivity contribution is -0.0726. The molecular weight excluding hydrogens is 248 g/mol. The molecule has 0 aromatic heterocycles. The molecule has 1 aliphatic rings. The van der Waals surface area contributed by atoms with Crippen molar-refractivity contribution in [2.45, 2.75) is 57.0 Å². The minimum absolute atomic E-state index is 0.252. The third-order valence-electron chi connectivity index (χ3n) is 3.24. The van der Waals surface area contributed by atoms with Crippen molar-refractivity contribution >= 4 is 0 Å². The lowest BCUT2D eigenvalue weighted by Gasteiger charge is -2.20. The minimum atomic E-state index is -1.06. The molecule has 5 nitrogen and oxygen atoms in total. The van der Waals surface area contributed by atoms with Crippen LogP contribution in [0.25, 0.3) is 0 Å². The number of allylic oxidation sites excluding steroid dienone is 1. The average Bonchev–Trinajstić information content (AvgIpc) is 2.78. The molecule has 5 heteroatoms. The summed E-state index contributed by atoms with van der Waals surface area (Å²) < 4.78 is 10.8. The zero-order valence-corrected chi connectivity index (χ0v) is 11.6. The Labute approximate surface area is 114 Å². The number of unbranched alkanes of at least 4 members (excludes halogenated alkanes) is 2. The van der Waals surface area contributed by atoms with Gasteiger partial charge in [0.1, 0.15) is 24.4 Å². The first-order valence-corrected chi connectivity index (χ1v) is 7.05. The van der Waals surface area contributed by atoms with E-state index < -0.39 is 31.0 Å². The van der Waals surface area contributed by atoms with E-state index in [-0.39, 0.29) is 6.61 Å². The molecule has 0 saturated carbocycles. The van der Waals surface area contributed by atoms with E-state index in [2.05, 4.69) is 19.1 Å². The van der Waals surface area contributed by atoms with Crippen molar-refractivity contribution in [2.75, 3.05) is 19.8 Å². The Kier molecular flexibility index (Phi) is 8.25. The molecule has 0 aromatic carbocycles. The van der Waals surface area contributed by atoms with E-state index in [0.29, 0.717) is 6.61 Å². The molecule has 4 atom stereocenters. The monoisotopic (exact) mass is 274 g/mol. The predicted octanol–water partition coefficient (Wildman–Crippen LogP) is 0.621. The number of rotatable bonds is 9. The fourth-order valence-electron chi connectivity index (χ4n) is 2.05. The summed E-state index contributed by atoms with van der Waals surface area (Å²) in [4.78, 5) is 0. The van der Waals surface area contributed by atoms with Crippen molar-refractivity contribution in [1.29, 1.82) is 0 Å². The Morgan fingerprint density at radius 2 is 2.11 bits per heavy atom. The smallest absolute Gasteiger partial charge is 0.114 e. The van der Waals surface area contributed by atoms with E-state index >= 15 is 0 Å². The summed E-state index contributed by atoms with van der Waals surface area (Å²) in [5.41, 5.74) is 0. The van der Waals surface area contributed by atoms with Crippen LogP contribution in [-0.4, -0.2) is 59.6 Å². The van der Waals surface area contributed by atoms with Crippen LogP contribution in [0, 0.1) is 0 Å². The van der Waals surface area contributed by atoms with Crippen molar-refractivity contribution in [3.63, 3.8) is 0 Å². The van der Waals surface area contributed by atoms with Crippen molar-refractivity contribution < 1.29 is 24.8 Å². The molecule has 112 valence electrons. The number of hydrogen-bond acceptors (Lipinski definition) is 5. The Balaban J connectivity index is 2.15. The van der Waals surface area contributed by atoms with E-state index in [1.807, 2.05) is 0 Å². The second-order valence-corrected chi connectivity index (χ2v) is 4.85. The summed E-state index contributed by atoms with van der Waals surface area (Å²) in [7, 11) is 0. The molecule has 0 aromatic rings. The maximum Gasteiger partial charge on any atom is 0.114 e. The Morgan fingerprint density at radius 1 is 1.37 bits per heavy atom. The van der Waals surface area contributed by atoms with Gasteiger partial charge in [-0.25, -0.2) is 0 Å². The fraction of sp³-hybridized carbons (Fsp3) is 0.857. The third kappa shape index (κ3) is 5.58. The van der Waals surface area contributed by atoms with Gasteiger partial charge in [0.2, 0.25) is 0 Å². The van der Waals surface area contributed by atoms with E-state index in [1.54, 1.807) is 0 Å². The number of aliphatic hydroxyl groups is 3. The summed E-state index contributed by atoms with van der Waals surface area (Å²) in [6.45, 7) is 2.52. The van der Waals surface area contributed by atoms with Crippen LogP contribution in [0.1, 0.15) is 32.6 Å². The summed E-state index contributed by atoms with van der Waals surface area (Å²) in [6.07, 6.45) is 5.41. The highest BCUT2D eigenvalue weighted by atomic mass is 16.6. The predicted molar refractivity (Wildman–Crippen MR) is 71.9 cm³/mol. The topological polar surface area (TPSA) is 79.2 Å². The fourth-order valence-corrected chi connectivity index (χ4v) is 2.05. The van der Waals surface area contributed by atoms with E-state index in [1.165, 1.54) is 12.8 Å². The van der Waals surface area contributed by atoms with Gasteiger partial charge in [0, 0.05) is 0 Å². The highest BCUT2D eigenvalue weighted by Gasteiger charge is 2.40. The minimum Gasteiger partial charge on any atom is -0.394 e. The largest absolute Gasteiger partial charge is 0.394 e. The maximum atomic E-state index is 9.88. The highest BCUT2D eigenvalue weighted by molar-refractivity contribution is 4.89. The van der Waals surface area contributed by atoms with Crippen molar-refractivity contribution in [1.82, 2.24) is 0 Å². The molecule has 3 N–H and O–H groups in total. The quantitative estimate of drug-likeness (QED) is 0.424. The number of aliphatic hydroxyl groups excluding tert-OH is 3. The van der Waals surface area contributed by atoms with Gasteiger partial charge in [0.15, 0.2) is 0 Å². The summed E-state index contributed by atoms with van der Waals surface area (Å²) in [5.74, 6) is 0. The van der Waals surface area contributed by atoms with Gasteiger partial charge in [-0.3, -0.25) is 0 Å². The zero-order chi connectivity index (χ0) is 14.1. The third-order valence-corrected chi connectivity index (χ3v) is 3.24. The molecule has 0 spiro atoms. The number of hydrogen-bond donors (Lipinski definition) is 3. The van der Waals surface area contributed by atoms with Crippen LogP contribution in [0.15, 0.2) is 12.2 Å². The van der Waals surface area contributed by atoms with Gasteiger partial charge in [-0.1, -0.05) is 31.9 Å². The lowest BCUT2D eigenvalue weighted by Crippen LogP contribution is -2.41. The molecule has 1 aliphatic heterocycles. The normalized spacial score (nSPS) is 29.2. The van der Waals surface area contributed by atoms with Gasteiger partial charge < -0.3 is 24.8 Å². The van der Waals surface area contributed by atoms with Crippen molar-refractivity contribution in [2.24, 2.45) is 0 Å². The van der Waals surface area contributed by atoms with Crippen LogP contribution in [0.3, 0.4) is 0 Å². The molecule has 0 aliphatic carbocycles. The molecule has 19 heavy (non-hydrogen) atoms. The van der Waals surface area contributed by atoms with Gasteiger partial charge in [0.05, 0.1) is 19.8 Å². The van der Waals surface area contributed by atoms with E-state index in [4.69, 9.17) is 14.6 Å². The summed E-state index contributed by atoms with van der Waals surface area (Å²) in [5, 5.41) is 28.1. The molecule has 0 amide bonds. The van der Waals surface area contributed by atoms with Crippen LogP contribution in [-0.2, 0) is 9.47 Å². The first-order valence-electron chi connectivity index (χ1n) is 7.05. The van der Waals surface area contributed by atoms with Gasteiger partial charge in [-0.2, -0.15) is 0 Å².